The highest BCUT2D eigenvalue weighted by Crippen LogP contribution is 2.39. The Labute approximate surface area is 111 Å². The van der Waals surface area contributed by atoms with Crippen LogP contribution in [0.2, 0.25) is 5.15 Å². The molecule has 0 bridgehead atoms. The Hall–Kier alpha value is -1.36. The van der Waals surface area contributed by atoms with Crippen LogP contribution in [0.1, 0.15) is 37.1 Å². The van der Waals surface area contributed by atoms with Crippen molar-refractivity contribution in [3.63, 3.8) is 0 Å². The fourth-order valence-corrected chi connectivity index (χ4v) is 1.80. The fourth-order valence-electron chi connectivity index (χ4n) is 1.62. The van der Waals surface area contributed by atoms with Gasteiger partial charge in [0.25, 0.3) is 0 Å². The minimum Gasteiger partial charge on any atom is -0.368 e. The van der Waals surface area contributed by atoms with Gasteiger partial charge in [-0.15, -0.1) is 0 Å². The molecule has 0 aromatic carbocycles. The number of hydrogen-bond donors (Lipinski definition) is 2. The topological polar surface area (TPSA) is 66.9 Å². The molecule has 0 aliphatic heterocycles. The molecular weight excluding hydrogens is 252 g/mol. The van der Waals surface area contributed by atoms with Gasteiger partial charge in [-0.3, -0.25) is 4.79 Å². The first kappa shape index (κ1) is 13.1. The van der Waals surface area contributed by atoms with E-state index in [1.165, 1.54) is 6.92 Å². The van der Waals surface area contributed by atoms with Crippen LogP contribution in [0, 0.1) is 6.92 Å². The van der Waals surface area contributed by atoms with Crippen LogP contribution < -0.4 is 10.6 Å². The molecule has 1 fully saturated rings. The summed E-state index contributed by atoms with van der Waals surface area (Å²) in [7, 11) is 0. The third-order valence-corrected chi connectivity index (χ3v) is 3.21. The lowest BCUT2D eigenvalue weighted by Gasteiger charge is -2.11. The molecule has 0 spiro atoms. The van der Waals surface area contributed by atoms with Gasteiger partial charge in [-0.25, -0.2) is 9.97 Å². The van der Waals surface area contributed by atoms with Gasteiger partial charge < -0.3 is 10.6 Å². The number of halogens is 1. The molecule has 1 aromatic heterocycles. The van der Waals surface area contributed by atoms with Gasteiger partial charge in [-0.2, -0.15) is 0 Å². The molecule has 0 atom stereocenters. The van der Waals surface area contributed by atoms with Crippen molar-refractivity contribution < 1.29 is 4.79 Å². The highest BCUT2D eigenvalue weighted by molar-refractivity contribution is 6.30. The number of anilines is 1. The summed E-state index contributed by atoms with van der Waals surface area (Å²) < 4.78 is 0. The summed E-state index contributed by atoms with van der Waals surface area (Å²) in [6.07, 6.45) is 2.29. The molecule has 5 nitrogen and oxygen atoms in total. The predicted molar refractivity (Wildman–Crippen MR) is 70.9 cm³/mol. The average molecular weight is 269 g/mol. The normalized spacial score (nSPS) is 14.4. The summed E-state index contributed by atoms with van der Waals surface area (Å²) >= 11 is 6.09. The third kappa shape index (κ3) is 3.32. The van der Waals surface area contributed by atoms with Crippen molar-refractivity contribution >= 4 is 23.3 Å². The molecule has 18 heavy (non-hydrogen) atoms. The van der Waals surface area contributed by atoms with E-state index in [0.717, 1.165) is 30.0 Å². The Morgan fingerprint density at radius 1 is 1.39 bits per heavy atom. The Balaban J connectivity index is 1.99. The zero-order chi connectivity index (χ0) is 13.1. The van der Waals surface area contributed by atoms with Crippen molar-refractivity contribution in [2.45, 2.75) is 32.6 Å². The van der Waals surface area contributed by atoms with Crippen LogP contribution in [0.5, 0.6) is 0 Å². The molecule has 1 aliphatic rings. The van der Waals surface area contributed by atoms with Gasteiger partial charge in [-0.1, -0.05) is 11.6 Å². The van der Waals surface area contributed by atoms with Gasteiger partial charge in [0.2, 0.25) is 5.91 Å². The summed E-state index contributed by atoms with van der Waals surface area (Å²) in [5.41, 5.74) is 0.851. The van der Waals surface area contributed by atoms with Crippen molar-refractivity contribution in [2.24, 2.45) is 0 Å². The Morgan fingerprint density at radius 3 is 2.72 bits per heavy atom. The number of rotatable bonds is 5. The molecule has 1 aromatic rings. The molecular formula is C12H17ClN4O. The van der Waals surface area contributed by atoms with E-state index in [1.54, 1.807) is 0 Å². The van der Waals surface area contributed by atoms with Crippen LogP contribution in [0.3, 0.4) is 0 Å². The molecule has 2 N–H and O–H groups in total. The number of amides is 1. The van der Waals surface area contributed by atoms with E-state index in [-0.39, 0.29) is 5.91 Å². The standard InChI is InChI=1S/C12H17ClN4O/c1-7-10(13)16-12(9-3-4-9)17-11(7)15-6-5-14-8(2)18/h9H,3-6H2,1-2H3,(H,14,18)(H,15,16,17). The van der Waals surface area contributed by atoms with E-state index in [9.17, 15) is 4.79 Å². The average Bonchev–Trinajstić information content (AvgIpc) is 3.13. The largest absolute Gasteiger partial charge is 0.368 e. The lowest BCUT2D eigenvalue weighted by Crippen LogP contribution is -2.26. The number of carbonyl (C=O) groups excluding carboxylic acids is 1. The summed E-state index contributed by atoms with van der Waals surface area (Å²) in [4.78, 5) is 19.5. The minimum absolute atomic E-state index is 0.0343. The first-order chi connectivity index (χ1) is 8.58. The summed E-state index contributed by atoms with van der Waals surface area (Å²) in [6, 6.07) is 0. The van der Waals surface area contributed by atoms with Gasteiger partial charge >= 0.3 is 0 Å². The Kier molecular flexibility index (Phi) is 4.01. The van der Waals surface area contributed by atoms with Crippen LogP contribution in [0.15, 0.2) is 0 Å². The molecule has 1 heterocycles. The lowest BCUT2D eigenvalue weighted by molar-refractivity contribution is -0.118. The zero-order valence-corrected chi connectivity index (χ0v) is 11.3. The predicted octanol–water partition coefficient (Wildman–Crippen LogP) is 1.86. The molecule has 98 valence electrons. The smallest absolute Gasteiger partial charge is 0.216 e. The van der Waals surface area contributed by atoms with E-state index in [0.29, 0.717) is 24.2 Å². The second kappa shape index (κ2) is 5.52. The van der Waals surface area contributed by atoms with Crippen molar-refractivity contribution in [1.29, 1.82) is 0 Å². The van der Waals surface area contributed by atoms with Gasteiger partial charge in [0.05, 0.1) is 0 Å². The van der Waals surface area contributed by atoms with Crippen LogP contribution >= 0.6 is 11.6 Å². The monoisotopic (exact) mass is 268 g/mol. The maximum atomic E-state index is 10.7. The fraction of sp³-hybridized carbons (Fsp3) is 0.583. The lowest BCUT2D eigenvalue weighted by atomic mass is 10.3. The summed E-state index contributed by atoms with van der Waals surface area (Å²) in [5, 5.41) is 6.41. The third-order valence-electron chi connectivity index (χ3n) is 2.84. The van der Waals surface area contributed by atoms with E-state index in [2.05, 4.69) is 20.6 Å². The van der Waals surface area contributed by atoms with Crippen LogP contribution in [0.25, 0.3) is 0 Å². The molecule has 6 heteroatoms. The second-order valence-corrected chi connectivity index (χ2v) is 4.89. The van der Waals surface area contributed by atoms with Crippen LogP contribution in [-0.4, -0.2) is 29.0 Å². The van der Waals surface area contributed by atoms with Gasteiger partial charge in [0, 0.05) is 31.5 Å². The highest BCUT2D eigenvalue weighted by atomic mass is 35.5. The maximum Gasteiger partial charge on any atom is 0.216 e. The summed E-state index contributed by atoms with van der Waals surface area (Å²) in [5.74, 6) is 2.03. The van der Waals surface area contributed by atoms with Crippen molar-refractivity contribution in [3.8, 4) is 0 Å². The summed E-state index contributed by atoms with van der Waals surface area (Å²) in [6.45, 7) is 4.57. The van der Waals surface area contributed by atoms with Crippen LogP contribution in [0.4, 0.5) is 5.82 Å². The first-order valence-electron chi connectivity index (χ1n) is 6.10. The van der Waals surface area contributed by atoms with Gasteiger partial charge in [0.1, 0.15) is 16.8 Å². The molecule has 0 radical (unpaired) electrons. The number of nitrogens with zero attached hydrogens (tertiary/aromatic N) is 2. The van der Waals surface area contributed by atoms with Gasteiger partial charge in [0.15, 0.2) is 0 Å². The molecule has 2 rings (SSSR count). The van der Waals surface area contributed by atoms with E-state index < -0.39 is 0 Å². The first-order valence-corrected chi connectivity index (χ1v) is 6.48. The van der Waals surface area contributed by atoms with Crippen molar-refractivity contribution in [3.05, 3.63) is 16.5 Å². The molecule has 1 amide bonds. The van der Waals surface area contributed by atoms with E-state index in [4.69, 9.17) is 11.6 Å². The quantitative estimate of drug-likeness (QED) is 0.632. The minimum atomic E-state index is -0.0343. The number of hydrogen-bond acceptors (Lipinski definition) is 4. The highest BCUT2D eigenvalue weighted by Gasteiger charge is 2.27. The van der Waals surface area contributed by atoms with Crippen molar-refractivity contribution in [2.75, 3.05) is 18.4 Å². The van der Waals surface area contributed by atoms with Gasteiger partial charge in [-0.05, 0) is 19.8 Å². The molecule has 1 aliphatic carbocycles. The van der Waals surface area contributed by atoms with E-state index in [1.807, 2.05) is 6.92 Å². The molecule has 0 saturated heterocycles. The number of nitrogens with one attached hydrogen (secondary N) is 2. The SMILES string of the molecule is CC(=O)NCCNc1nc(C2CC2)nc(Cl)c1C. The molecule has 0 unspecified atom stereocenters. The van der Waals surface area contributed by atoms with Crippen LogP contribution in [-0.2, 0) is 4.79 Å². The molecule has 1 saturated carbocycles. The zero-order valence-electron chi connectivity index (χ0n) is 10.6. The number of carbonyl (C=O) groups is 1. The maximum absolute atomic E-state index is 10.7. The Bertz CT molecular complexity index is 460. The Morgan fingerprint density at radius 2 is 2.11 bits per heavy atom. The number of aromatic nitrogens is 2. The second-order valence-electron chi connectivity index (χ2n) is 4.53. The van der Waals surface area contributed by atoms with E-state index >= 15 is 0 Å². The van der Waals surface area contributed by atoms with Crippen molar-refractivity contribution in [1.82, 2.24) is 15.3 Å².